The van der Waals surface area contributed by atoms with E-state index in [1.54, 1.807) is 4.90 Å². The van der Waals surface area contributed by atoms with E-state index in [0.29, 0.717) is 0 Å². The van der Waals surface area contributed by atoms with E-state index in [-0.39, 0.29) is 18.6 Å². The smallest absolute Gasteiger partial charge is 0.344 e. The number of nitrogens with zero attached hydrogens (tertiary/aromatic N) is 1. The third-order valence-electron chi connectivity index (χ3n) is 2.21. The van der Waals surface area contributed by atoms with Gasteiger partial charge in [-0.05, 0) is 20.8 Å². The van der Waals surface area contributed by atoms with E-state index in [0.717, 1.165) is 0 Å². The predicted molar refractivity (Wildman–Crippen MR) is 42.8 cm³/mol. The molecule has 0 aromatic heterocycles. The van der Waals surface area contributed by atoms with Crippen molar-refractivity contribution in [3.63, 3.8) is 0 Å². The molecular formula is C8H14FNO2. The number of carboxylic acid groups (broad SMARTS) is 1. The van der Waals surface area contributed by atoms with Crippen LogP contribution in [0.5, 0.6) is 0 Å². The highest BCUT2D eigenvalue weighted by Crippen LogP contribution is 2.31. The first-order valence-corrected chi connectivity index (χ1v) is 3.93. The molecule has 70 valence electrons. The standard InChI is InChI=1S/C8H14FNO2/c1-7(2,3)10-4-8(9,5-10)6(11)12/h4-5H2,1-3H3,(H,11,12). The van der Waals surface area contributed by atoms with Crippen molar-refractivity contribution in [2.45, 2.75) is 32.0 Å². The highest BCUT2D eigenvalue weighted by Gasteiger charge is 2.53. The Kier molecular flexibility index (Phi) is 1.91. The molecule has 0 unspecified atom stereocenters. The highest BCUT2D eigenvalue weighted by molar-refractivity contribution is 5.79. The summed E-state index contributed by atoms with van der Waals surface area (Å²) in [6.45, 7) is 5.83. The number of rotatable bonds is 1. The first kappa shape index (κ1) is 9.45. The van der Waals surface area contributed by atoms with Crippen LogP contribution in [0.2, 0.25) is 0 Å². The van der Waals surface area contributed by atoms with E-state index >= 15 is 0 Å². The van der Waals surface area contributed by atoms with Crippen LogP contribution in [0.1, 0.15) is 20.8 Å². The van der Waals surface area contributed by atoms with Crippen molar-refractivity contribution in [2.24, 2.45) is 0 Å². The van der Waals surface area contributed by atoms with E-state index in [2.05, 4.69) is 0 Å². The minimum Gasteiger partial charge on any atom is -0.479 e. The number of alkyl halides is 1. The molecule has 1 aliphatic heterocycles. The summed E-state index contributed by atoms with van der Waals surface area (Å²) in [7, 11) is 0. The molecule has 1 heterocycles. The van der Waals surface area contributed by atoms with Crippen LogP contribution in [0.15, 0.2) is 0 Å². The molecule has 0 spiro atoms. The molecule has 0 aromatic carbocycles. The molecular weight excluding hydrogens is 161 g/mol. The van der Waals surface area contributed by atoms with Gasteiger partial charge in [0.1, 0.15) is 0 Å². The number of carbonyl (C=O) groups is 1. The lowest BCUT2D eigenvalue weighted by molar-refractivity contribution is -0.169. The molecule has 3 nitrogen and oxygen atoms in total. The molecule has 1 fully saturated rings. The van der Waals surface area contributed by atoms with Gasteiger partial charge in [-0.1, -0.05) is 0 Å². The van der Waals surface area contributed by atoms with E-state index < -0.39 is 11.6 Å². The molecule has 0 aromatic rings. The summed E-state index contributed by atoms with van der Waals surface area (Å²) < 4.78 is 13.2. The van der Waals surface area contributed by atoms with Gasteiger partial charge in [0.05, 0.1) is 0 Å². The minimum atomic E-state index is -2.01. The predicted octanol–water partition coefficient (Wildman–Crippen LogP) is 0.893. The monoisotopic (exact) mass is 175 g/mol. The summed E-state index contributed by atoms with van der Waals surface area (Å²) in [4.78, 5) is 12.2. The van der Waals surface area contributed by atoms with Crippen LogP contribution < -0.4 is 0 Å². The van der Waals surface area contributed by atoms with Gasteiger partial charge in [-0.15, -0.1) is 0 Å². The summed E-state index contributed by atoms with van der Waals surface area (Å²) in [5.41, 5.74) is -2.14. The Hall–Kier alpha value is -0.640. The molecule has 12 heavy (non-hydrogen) atoms. The lowest BCUT2D eigenvalue weighted by Crippen LogP contribution is -2.68. The van der Waals surface area contributed by atoms with Crippen molar-refractivity contribution in [3.05, 3.63) is 0 Å². The molecule has 1 saturated heterocycles. The fraction of sp³-hybridized carbons (Fsp3) is 0.875. The highest BCUT2D eigenvalue weighted by atomic mass is 19.1. The third-order valence-corrected chi connectivity index (χ3v) is 2.21. The molecule has 0 amide bonds. The number of hydrogen-bond donors (Lipinski definition) is 1. The average molecular weight is 175 g/mol. The van der Waals surface area contributed by atoms with Gasteiger partial charge in [0, 0.05) is 18.6 Å². The van der Waals surface area contributed by atoms with Crippen LogP contribution in [-0.4, -0.2) is 40.3 Å². The van der Waals surface area contributed by atoms with E-state index in [4.69, 9.17) is 5.11 Å². The van der Waals surface area contributed by atoms with Gasteiger partial charge < -0.3 is 5.11 Å². The van der Waals surface area contributed by atoms with Gasteiger partial charge >= 0.3 is 5.97 Å². The number of carboxylic acids is 1. The molecule has 4 heteroatoms. The lowest BCUT2D eigenvalue weighted by atomic mass is 9.90. The molecule has 1 aliphatic rings. The number of likely N-dealkylation sites (tertiary alicyclic amines) is 1. The van der Waals surface area contributed by atoms with Crippen LogP contribution in [0.25, 0.3) is 0 Å². The van der Waals surface area contributed by atoms with Crippen LogP contribution in [0, 0.1) is 0 Å². The normalized spacial score (nSPS) is 23.3. The summed E-state index contributed by atoms with van der Waals surface area (Å²) in [6.07, 6.45) is 0. The molecule has 0 atom stereocenters. The first-order valence-electron chi connectivity index (χ1n) is 3.93. The quantitative estimate of drug-likeness (QED) is 0.643. The fourth-order valence-electron chi connectivity index (χ4n) is 1.17. The first-order chi connectivity index (χ1) is 5.26. The van der Waals surface area contributed by atoms with Crippen LogP contribution in [0.3, 0.4) is 0 Å². The maximum absolute atomic E-state index is 13.2. The Morgan fingerprint density at radius 3 is 2.17 bits per heavy atom. The van der Waals surface area contributed by atoms with Crippen molar-refractivity contribution < 1.29 is 14.3 Å². The summed E-state index contributed by atoms with van der Waals surface area (Å²) in [6, 6.07) is 0. The van der Waals surface area contributed by atoms with Crippen molar-refractivity contribution in [2.75, 3.05) is 13.1 Å². The summed E-state index contributed by atoms with van der Waals surface area (Å²) in [5, 5.41) is 8.47. The average Bonchev–Trinajstić information content (AvgIpc) is 1.77. The van der Waals surface area contributed by atoms with Crippen LogP contribution in [0.4, 0.5) is 4.39 Å². The van der Waals surface area contributed by atoms with Gasteiger partial charge in [0.2, 0.25) is 5.67 Å². The zero-order valence-corrected chi connectivity index (χ0v) is 7.59. The van der Waals surface area contributed by atoms with Crippen molar-refractivity contribution in [3.8, 4) is 0 Å². The van der Waals surface area contributed by atoms with E-state index in [1.807, 2.05) is 20.8 Å². The van der Waals surface area contributed by atoms with Gasteiger partial charge in [-0.2, -0.15) is 0 Å². The largest absolute Gasteiger partial charge is 0.479 e. The van der Waals surface area contributed by atoms with Crippen molar-refractivity contribution >= 4 is 5.97 Å². The van der Waals surface area contributed by atoms with Gasteiger partial charge in [0.25, 0.3) is 0 Å². The maximum Gasteiger partial charge on any atom is 0.344 e. The zero-order chi connectivity index (χ0) is 9.57. The lowest BCUT2D eigenvalue weighted by Gasteiger charge is -2.48. The Bertz CT molecular complexity index is 204. The second-order valence-corrected chi connectivity index (χ2v) is 4.30. The minimum absolute atomic E-state index is 0.00579. The van der Waals surface area contributed by atoms with Gasteiger partial charge in [-0.25, -0.2) is 9.18 Å². The topological polar surface area (TPSA) is 40.5 Å². The Balaban J connectivity index is 2.53. The molecule has 1 N–H and O–H groups in total. The third kappa shape index (κ3) is 1.43. The van der Waals surface area contributed by atoms with Gasteiger partial charge in [-0.3, -0.25) is 4.90 Å². The second kappa shape index (κ2) is 2.42. The molecule has 0 bridgehead atoms. The molecule has 0 radical (unpaired) electrons. The Labute approximate surface area is 71.2 Å². The van der Waals surface area contributed by atoms with Crippen molar-refractivity contribution in [1.29, 1.82) is 0 Å². The maximum atomic E-state index is 13.2. The number of aliphatic carboxylic acids is 1. The Morgan fingerprint density at radius 1 is 1.50 bits per heavy atom. The zero-order valence-electron chi connectivity index (χ0n) is 7.59. The van der Waals surface area contributed by atoms with Crippen molar-refractivity contribution in [1.82, 2.24) is 4.90 Å². The van der Waals surface area contributed by atoms with E-state index in [1.165, 1.54) is 0 Å². The van der Waals surface area contributed by atoms with Crippen LogP contribution in [-0.2, 0) is 4.79 Å². The number of halogens is 1. The number of hydrogen-bond acceptors (Lipinski definition) is 2. The van der Waals surface area contributed by atoms with Gasteiger partial charge in [0.15, 0.2) is 0 Å². The molecule has 0 saturated carbocycles. The Morgan fingerprint density at radius 2 is 1.92 bits per heavy atom. The second-order valence-electron chi connectivity index (χ2n) is 4.30. The SMILES string of the molecule is CC(C)(C)N1CC(F)(C(=O)O)C1. The van der Waals surface area contributed by atoms with Crippen LogP contribution >= 0.6 is 0 Å². The van der Waals surface area contributed by atoms with E-state index in [9.17, 15) is 9.18 Å². The fourth-order valence-corrected chi connectivity index (χ4v) is 1.17. The molecule has 0 aliphatic carbocycles. The summed E-state index contributed by atoms with van der Waals surface area (Å²) >= 11 is 0. The summed E-state index contributed by atoms with van der Waals surface area (Å²) in [5.74, 6) is -1.34. The molecule has 1 rings (SSSR count).